The van der Waals surface area contributed by atoms with E-state index in [0.717, 1.165) is 12.1 Å². The van der Waals surface area contributed by atoms with E-state index in [9.17, 15) is 18.0 Å². The van der Waals surface area contributed by atoms with Crippen LogP contribution in [0.1, 0.15) is 11.1 Å². The molecule has 0 saturated heterocycles. The number of aliphatic imine (C=N–C) groups is 1. The van der Waals surface area contributed by atoms with Crippen molar-refractivity contribution in [2.75, 3.05) is 0 Å². The normalized spacial score (nSPS) is 10.7. The molecule has 0 N–H and O–H groups in total. The van der Waals surface area contributed by atoms with Gasteiger partial charge in [-0.2, -0.15) is 18.2 Å². The Morgan fingerprint density at radius 3 is 2.31 bits per heavy atom. The van der Waals surface area contributed by atoms with Crippen LogP contribution in [0.15, 0.2) is 41.5 Å². The summed E-state index contributed by atoms with van der Waals surface area (Å²) in [7, 11) is 0. The number of nitrogens with zero attached hydrogens (tertiary/aromatic N) is 1. The molecule has 1 aromatic rings. The summed E-state index contributed by atoms with van der Waals surface area (Å²) in [5, 5.41) is 0. The summed E-state index contributed by atoms with van der Waals surface area (Å²) in [4.78, 5) is 13.2. The molecule has 0 bridgehead atoms. The van der Waals surface area contributed by atoms with Crippen LogP contribution in [-0.4, -0.2) is 6.08 Å². The van der Waals surface area contributed by atoms with Crippen LogP contribution in [0.4, 0.5) is 13.2 Å². The van der Waals surface area contributed by atoms with E-state index < -0.39 is 11.7 Å². The molecule has 0 heterocycles. The first-order chi connectivity index (χ1) is 7.43. The number of halogens is 3. The lowest BCUT2D eigenvalue weighted by molar-refractivity contribution is -0.137. The number of benzene rings is 1. The highest BCUT2D eigenvalue weighted by molar-refractivity contribution is 5.37. The molecule has 0 unspecified atom stereocenters. The SMILES string of the molecule is C=C(Cc1ccc(C(F)(F)F)cc1)N=C=O. The Morgan fingerprint density at radius 1 is 1.31 bits per heavy atom. The van der Waals surface area contributed by atoms with Crippen molar-refractivity contribution in [3.8, 4) is 0 Å². The summed E-state index contributed by atoms with van der Waals surface area (Å²) in [6, 6.07) is 4.61. The molecule has 0 aliphatic carbocycles. The zero-order valence-corrected chi connectivity index (χ0v) is 8.21. The van der Waals surface area contributed by atoms with Crippen LogP contribution in [0.25, 0.3) is 0 Å². The minimum atomic E-state index is -4.34. The average molecular weight is 227 g/mol. The molecule has 84 valence electrons. The van der Waals surface area contributed by atoms with Gasteiger partial charge in [0.1, 0.15) is 0 Å². The average Bonchev–Trinajstić information content (AvgIpc) is 2.17. The summed E-state index contributed by atoms with van der Waals surface area (Å²) in [5.41, 5.74) is 0.160. The second kappa shape index (κ2) is 4.77. The van der Waals surface area contributed by atoms with Crippen molar-refractivity contribution in [3.05, 3.63) is 47.7 Å². The quantitative estimate of drug-likeness (QED) is 0.576. The molecule has 5 heteroatoms. The van der Waals surface area contributed by atoms with Gasteiger partial charge >= 0.3 is 6.18 Å². The lowest BCUT2D eigenvalue weighted by atomic mass is 10.1. The highest BCUT2D eigenvalue weighted by atomic mass is 19.4. The summed E-state index contributed by atoms with van der Waals surface area (Å²) >= 11 is 0. The van der Waals surface area contributed by atoms with Gasteiger partial charge in [-0.1, -0.05) is 18.7 Å². The van der Waals surface area contributed by atoms with Crippen LogP contribution in [0.3, 0.4) is 0 Å². The second-order valence-electron chi connectivity index (χ2n) is 3.14. The standard InChI is InChI=1S/C11H8F3NO/c1-8(15-7-16)6-9-2-4-10(5-3-9)11(12,13)14/h2-5H,1,6H2. The smallest absolute Gasteiger partial charge is 0.211 e. The summed E-state index contributed by atoms with van der Waals surface area (Å²) in [6.07, 6.45) is -2.79. The van der Waals surface area contributed by atoms with E-state index in [2.05, 4.69) is 11.6 Å². The summed E-state index contributed by atoms with van der Waals surface area (Å²) in [5.74, 6) is 0. The monoisotopic (exact) mass is 227 g/mol. The van der Waals surface area contributed by atoms with Gasteiger partial charge in [-0.15, -0.1) is 0 Å². The molecule has 0 aromatic heterocycles. The van der Waals surface area contributed by atoms with Crippen LogP contribution in [0.5, 0.6) is 0 Å². The molecule has 1 rings (SSSR count). The van der Waals surface area contributed by atoms with Gasteiger partial charge < -0.3 is 0 Å². The Kier molecular flexibility index (Phi) is 3.64. The van der Waals surface area contributed by atoms with Gasteiger partial charge in [0.2, 0.25) is 6.08 Å². The van der Waals surface area contributed by atoms with Gasteiger partial charge in [-0.3, -0.25) is 0 Å². The lowest BCUT2D eigenvalue weighted by Crippen LogP contribution is -2.04. The minimum Gasteiger partial charge on any atom is -0.211 e. The highest BCUT2D eigenvalue weighted by Crippen LogP contribution is 2.29. The third-order valence-electron chi connectivity index (χ3n) is 1.89. The van der Waals surface area contributed by atoms with Gasteiger partial charge in [-0.05, 0) is 17.7 Å². The van der Waals surface area contributed by atoms with E-state index in [1.165, 1.54) is 18.2 Å². The molecule has 0 aliphatic rings. The van der Waals surface area contributed by atoms with Crippen LogP contribution >= 0.6 is 0 Å². The molecule has 0 aliphatic heterocycles. The number of rotatable bonds is 3. The fourth-order valence-electron chi connectivity index (χ4n) is 1.15. The molecule has 2 nitrogen and oxygen atoms in total. The molecule has 0 saturated carbocycles. The number of allylic oxidation sites excluding steroid dienone is 1. The maximum absolute atomic E-state index is 12.2. The van der Waals surface area contributed by atoms with Crippen LogP contribution in [-0.2, 0) is 17.4 Å². The molecule has 0 atom stereocenters. The van der Waals surface area contributed by atoms with Crippen molar-refractivity contribution in [3.63, 3.8) is 0 Å². The van der Waals surface area contributed by atoms with Gasteiger partial charge in [0, 0.05) is 6.42 Å². The number of hydrogen-bond donors (Lipinski definition) is 0. The first-order valence-corrected chi connectivity index (χ1v) is 4.35. The number of carbonyl (C=O) groups excluding carboxylic acids is 1. The van der Waals surface area contributed by atoms with Gasteiger partial charge in [0.15, 0.2) is 0 Å². The topological polar surface area (TPSA) is 29.4 Å². The van der Waals surface area contributed by atoms with Crippen molar-refractivity contribution in [1.29, 1.82) is 0 Å². The van der Waals surface area contributed by atoms with Crippen molar-refractivity contribution in [2.45, 2.75) is 12.6 Å². The van der Waals surface area contributed by atoms with E-state index in [1.54, 1.807) is 0 Å². The molecule has 0 radical (unpaired) electrons. The zero-order chi connectivity index (χ0) is 12.2. The van der Waals surface area contributed by atoms with E-state index in [0.29, 0.717) is 5.56 Å². The van der Waals surface area contributed by atoms with E-state index in [1.807, 2.05) is 0 Å². The second-order valence-corrected chi connectivity index (χ2v) is 3.14. The molecule has 0 fully saturated rings. The molecule has 16 heavy (non-hydrogen) atoms. The van der Waals surface area contributed by atoms with E-state index >= 15 is 0 Å². The Balaban J connectivity index is 2.80. The van der Waals surface area contributed by atoms with E-state index in [4.69, 9.17) is 0 Å². The predicted octanol–water partition coefficient (Wildman–Crippen LogP) is 3.10. The first kappa shape index (κ1) is 12.2. The third kappa shape index (κ3) is 3.37. The van der Waals surface area contributed by atoms with Crippen molar-refractivity contribution in [2.24, 2.45) is 4.99 Å². The predicted molar refractivity (Wildman–Crippen MR) is 52.4 cm³/mol. The molecule has 1 aromatic carbocycles. The maximum atomic E-state index is 12.2. The molecule has 0 spiro atoms. The zero-order valence-electron chi connectivity index (χ0n) is 8.21. The molecular weight excluding hydrogens is 219 g/mol. The first-order valence-electron chi connectivity index (χ1n) is 4.35. The third-order valence-corrected chi connectivity index (χ3v) is 1.89. The Labute approximate surface area is 90.1 Å². The van der Waals surface area contributed by atoms with Crippen molar-refractivity contribution < 1.29 is 18.0 Å². The summed E-state index contributed by atoms with van der Waals surface area (Å²) in [6.45, 7) is 3.46. The lowest BCUT2D eigenvalue weighted by Gasteiger charge is -2.07. The van der Waals surface area contributed by atoms with Crippen LogP contribution in [0, 0.1) is 0 Å². The number of hydrogen-bond acceptors (Lipinski definition) is 2. The molecule has 0 amide bonds. The van der Waals surface area contributed by atoms with Crippen molar-refractivity contribution >= 4 is 6.08 Å². The Hall–Kier alpha value is -1.87. The fourth-order valence-corrected chi connectivity index (χ4v) is 1.15. The Bertz CT molecular complexity index is 428. The fraction of sp³-hybridized carbons (Fsp3) is 0.182. The summed E-state index contributed by atoms with van der Waals surface area (Å²) < 4.78 is 36.6. The minimum absolute atomic E-state index is 0.230. The maximum Gasteiger partial charge on any atom is 0.416 e. The van der Waals surface area contributed by atoms with Crippen LogP contribution < -0.4 is 0 Å². The van der Waals surface area contributed by atoms with Gasteiger partial charge in [0.05, 0.1) is 11.3 Å². The van der Waals surface area contributed by atoms with E-state index in [-0.39, 0.29) is 12.1 Å². The highest BCUT2D eigenvalue weighted by Gasteiger charge is 2.29. The van der Waals surface area contributed by atoms with Crippen LogP contribution in [0.2, 0.25) is 0 Å². The number of alkyl halides is 3. The largest absolute Gasteiger partial charge is 0.416 e. The van der Waals surface area contributed by atoms with Crippen molar-refractivity contribution in [1.82, 2.24) is 0 Å². The van der Waals surface area contributed by atoms with Gasteiger partial charge in [0.25, 0.3) is 0 Å². The number of isocyanates is 1. The van der Waals surface area contributed by atoms with Gasteiger partial charge in [-0.25, -0.2) is 4.79 Å². The molecular formula is C11H8F3NO. The Morgan fingerprint density at radius 2 is 1.88 bits per heavy atom.